The predicted molar refractivity (Wildman–Crippen MR) is 89.7 cm³/mol. The summed E-state index contributed by atoms with van der Waals surface area (Å²) in [6.07, 6.45) is 6.06. The van der Waals surface area contributed by atoms with Gasteiger partial charge in [-0.05, 0) is 43.9 Å². The maximum atomic E-state index is 11.7. The summed E-state index contributed by atoms with van der Waals surface area (Å²) < 4.78 is 15.8. The van der Waals surface area contributed by atoms with Gasteiger partial charge in [0.2, 0.25) is 12.7 Å². The summed E-state index contributed by atoms with van der Waals surface area (Å²) in [4.78, 5) is 20.2. The van der Waals surface area contributed by atoms with Gasteiger partial charge in [-0.2, -0.15) is 0 Å². The van der Waals surface area contributed by atoms with Gasteiger partial charge in [0.05, 0.1) is 17.7 Å². The van der Waals surface area contributed by atoms with Crippen molar-refractivity contribution in [1.29, 1.82) is 0 Å². The lowest BCUT2D eigenvalue weighted by atomic mass is 9.72. The lowest BCUT2D eigenvalue weighted by molar-refractivity contribution is 0.0525. The molecule has 1 aromatic heterocycles. The summed E-state index contributed by atoms with van der Waals surface area (Å²) in [6, 6.07) is 6.00. The fourth-order valence-electron chi connectivity index (χ4n) is 3.14. The van der Waals surface area contributed by atoms with Gasteiger partial charge in [0.25, 0.3) is 0 Å². The van der Waals surface area contributed by atoms with Crippen LogP contribution >= 0.6 is 0 Å². The standard InChI is InChI=1S/C18H19N3O4/c1-2-23-16(22)12-9-19-17(20-10-12)21-18(6-3-7-18)13-4-5-14-15(8-13)25-11-24-14/h4-5,8-10H,2-3,6-7,11H2,1H3,(H,19,20,21). The van der Waals surface area contributed by atoms with Crippen LogP contribution in [0.4, 0.5) is 5.95 Å². The Morgan fingerprint density at radius 2 is 2.00 bits per heavy atom. The molecular weight excluding hydrogens is 322 g/mol. The average Bonchev–Trinajstić information content (AvgIpc) is 3.06. The van der Waals surface area contributed by atoms with Gasteiger partial charge in [0, 0.05) is 12.4 Å². The van der Waals surface area contributed by atoms with E-state index in [1.807, 2.05) is 18.2 Å². The van der Waals surface area contributed by atoms with E-state index in [2.05, 4.69) is 15.3 Å². The molecule has 0 radical (unpaired) electrons. The molecule has 7 nitrogen and oxygen atoms in total. The second-order valence-corrected chi connectivity index (χ2v) is 6.14. The van der Waals surface area contributed by atoms with E-state index in [9.17, 15) is 4.79 Å². The molecule has 0 unspecified atom stereocenters. The largest absolute Gasteiger partial charge is 0.462 e. The van der Waals surface area contributed by atoms with Gasteiger partial charge in [-0.1, -0.05) is 6.07 Å². The van der Waals surface area contributed by atoms with Crippen molar-refractivity contribution in [2.75, 3.05) is 18.7 Å². The zero-order chi connectivity index (χ0) is 17.3. The Bertz CT molecular complexity index is 787. The van der Waals surface area contributed by atoms with Crippen molar-refractivity contribution in [3.63, 3.8) is 0 Å². The fraction of sp³-hybridized carbons (Fsp3) is 0.389. The molecular formula is C18H19N3O4. The van der Waals surface area contributed by atoms with E-state index in [1.54, 1.807) is 6.92 Å². The van der Waals surface area contributed by atoms with Crippen LogP contribution in [-0.2, 0) is 10.3 Å². The highest BCUT2D eigenvalue weighted by atomic mass is 16.7. The van der Waals surface area contributed by atoms with Crippen molar-refractivity contribution in [2.24, 2.45) is 0 Å². The summed E-state index contributed by atoms with van der Waals surface area (Å²) >= 11 is 0. The SMILES string of the molecule is CCOC(=O)c1cnc(NC2(c3ccc4c(c3)OCO4)CCC2)nc1. The van der Waals surface area contributed by atoms with Crippen LogP contribution in [0.25, 0.3) is 0 Å². The van der Waals surface area contributed by atoms with E-state index in [-0.39, 0.29) is 12.3 Å². The number of carbonyl (C=O) groups excluding carboxylic acids is 1. The van der Waals surface area contributed by atoms with Crippen molar-refractivity contribution < 1.29 is 19.0 Å². The summed E-state index contributed by atoms with van der Waals surface area (Å²) in [5, 5.41) is 3.43. The zero-order valence-corrected chi connectivity index (χ0v) is 13.9. The molecule has 130 valence electrons. The zero-order valence-electron chi connectivity index (χ0n) is 13.9. The number of fused-ring (bicyclic) bond motifs is 1. The van der Waals surface area contributed by atoms with Crippen LogP contribution in [0.15, 0.2) is 30.6 Å². The lowest BCUT2D eigenvalue weighted by Crippen LogP contribution is -2.42. The van der Waals surface area contributed by atoms with Crippen LogP contribution in [0.2, 0.25) is 0 Å². The second-order valence-electron chi connectivity index (χ2n) is 6.14. The summed E-state index contributed by atoms with van der Waals surface area (Å²) in [7, 11) is 0. The Kier molecular flexibility index (Phi) is 3.91. The molecule has 2 aliphatic rings. The molecule has 1 aromatic carbocycles. The number of nitrogens with zero attached hydrogens (tertiary/aromatic N) is 2. The molecule has 25 heavy (non-hydrogen) atoms. The molecule has 0 spiro atoms. The van der Waals surface area contributed by atoms with Gasteiger partial charge in [-0.25, -0.2) is 14.8 Å². The summed E-state index contributed by atoms with van der Waals surface area (Å²) in [5.41, 5.74) is 1.26. The topological polar surface area (TPSA) is 82.6 Å². The minimum absolute atomic E-state index is 0.216. The lowest BCUT2D eigenvalue weighted by Gasteiger charge is -2.43. The normalized spacial score (nSPS) is 16.8. The van der Waals surface area contributed by atoms with Crippen molar-refractivity contribution in [3.05, 3.63) is 41.7 Å². The molecule has 0 amide bonds. The Morgan fingerprint density at radius 1 is 1.24 bits per heavy atom. The second kappa shape index (κ2) is 6.23. The fourth-order valence-corrected chi connectivity index (χ4v) is 3.14. The van der Waals surface area contributed by atoms with Crippen molar-refractivity contribution >= 4 is 11.9 Å². The molecule has 7 heteroatoms. The van der Waals surface area contributed by atoms with Crippen LogP contribution in [0.1, 0.15) is 42.1 Å². The van der Waals surface area contributed by atoms with E-state index in [4.69, 9.17) is 14.2 Å². The maximum absolute atomic E-state index is 11.7. The van der Waals surface area contributed by atoms with E-state index < -0.39 is 5.97 Å². The minimum atomic E-state index is -0.414. The number of carbonyl (C=O) groups is 1. The first-order valence-electron chi connectivity index (χ1n) is 8.38. The molecule has 4 rings (SSSR count). The van der Waals surface area contributed by atoms with Crippen LogP contribution in [-0.4, -0.2) is 29.3 Å². The van der Waals surface area contributed by atoms with Crippen molar-refractivity contribution in [3.8, 4) is 11.5 Å². The quantitative estimate of drug-likeness (QED) is 0.837. The summed E-state index contributed by atoms with van der Waals surface area (Å²) in [5.74, 6) is 1.62. The van der Waals surface area contributed by atoms with Crippen molar-refractivity contribution in [2.45, 2.75) is 31.7 Å². The third-order valence-corrected chi connectivity index (χ3v) is 4.65. The number of aromatic nitrogens is 2. The molecule has 1 aliphatic carbocycles. The van der Waals surface area contributed by atoms with Gasteiger partial charge >= 0.3 is 5.97 Å². The van der Waals surface area contributed by atoms with Gasteiger partial charge in [-0.3, -0.25) is 0 Å². The highest BCUT2D eigenvalue weighted by Gasteiger charge is 2.40. The molecule has 1 N–H and O–H groups in total. The van der Waals surface area contributed by atoms with E-state index >= 15 is 0 Å². The van der Waals surface area contributed by atoms with Gasteiger partial charge in [-0.15, -0.1) is 0 Å². The smallest absolute Gasteiger partial charge is 0.341 e. The molecule has 0 saturated heterocycles. The number of ether oxygens (including phenoxy) is 3. The first kappa shape index (κ1) is 15.7. The van der Waals surface area contributed by atoms with Gasteiger partial charge in [0.1, 0.15) is 0 Å². The molecule has 2 aromatic rings. The highest BCUT2D eigenvalue weighted by Crippen LogP contribution is 2.46. The number of anilines is 1. The molecule has 0 atom stereocenters. The van der Waals surface area contributed by atoms with Gasteiger partial charge < -0.3 is 19.5 Å². The van der Waals surface area contributed by atoms with Gasteiger partial charge in [0.15, 0.2) is 11.5 Å². The van der Waals surface area contributed by atoms with E-state index in [1.165, 1.54) is 12.4 Å². The molecule has 1 fully saturated rings. The highest BCUT2D eigenvalue weighted by molar-refractivity contribution is 5.88. The van der Waals surface area contributed by atoms with Crippen molar-refractivity contribution in [1.82, 2.24) is 9.97 Å². The Hall–Kier alpha value is -2.83. The Labute approximate surface area is 145 Å². The first-order valence-corrected chi connectivity index (χ1v) is 8.38. The number of nitrogens with one attached hydrogen (secondary N) is 1. The Morgan fingerprint density at radius 3 is 2.68 bits per heavy atom. The average molecular weight is 341 g/mol. The van der Waals surface area contributed by atoms with E-state index in [0.717, 1.165) is 36.3 Å². The molecule has 1 saturated carbocycles. The maximum Gasteiger partial charge on any atom is 0.341 e. The number of hydrogen-bond acceptors (Lipinski definition) is 7. The third-order valence-electron chi connectivity index (χ3n) is 4.65. The molecule has 1 aliphatic heterocycles. The van der Waals surface area contributed by atoms with Crippen LogP contribution < -0.4 is 14.8 Å². The number of benzene rings is 1. The number of esters is 1. The minimum Gasteiger partial charge on any atom is -0.462 e. The number of hydrogen-bond donors (Lipinski definition) is 1. The van der Waals surface area contributed by atoms with Crippen LogP contribution in [0, 0.1) is 0 Å². The predicted octanol–water partition coefficient (Wildman–Crippen LogP) is 2.87. The van der Waals surface area contributed by atoms with Crippen LogP contribution in [0.5, 0.6) is 11.5 Å². The number of rotatable bonds is 5. The molecule has 0 bridgehead atoms. The third kappa shape index (κ3) is 2.86. The monoisotopic (exact) mass is 341 g/mol. The summed E-state index contributed by atoms with van der Waals surface area (Å²) in [6.45, 7) is 2.35. The van der Waals surface area contributed by atoms with Crippen LogP contribution in [0.3, 0.4) is 0 Å². The Balaban J connectivity index is 1.54. The van der Waals surface area contributed by atoms with E-state index in [0.29, 0.717) is 18.1 Å². The molecule has 2 heterocycles. The first-order chi connectivity index (χ1) is 12.2.